The number of hydrogen-bond donors (Lipinski definition) is 1. The molecule has 0 aromatic rings. The van der Waals surface area contributed by atoms with E-state index in [1.807, 2.05) is 20.9 Å². The first-order valence-corrected chi connectivity index (χ1v) is 6.37. The molecule has 0 heterocycles. The maximum Gasteiger partial charge on any atom is 0.307 e. The van der Waals surface area contributed by atoms with Crippen molar-refractivity contribution < 1.29 is 14.7 Å². The van der Waals surface area contributed by atoms with E-state index in [1.165, 1.54) is 12.8 Å². The Hall–Kier alpha value is -1.06. The fourth-order valence-electron chi connectivity index (χ4n) is 3.25. The highest BCUT2D eigenvalue weighted by Gasteiger charge is 2.66. The van der Waals surface area contributed by atoms with E-state index < -0.39 is 11.9 Å². The molecule has 2 rings (SSSR count). The Morgan fingerprint density at radius 3 is 2.12 bits per heavy atom. The average Bonchev–Trinajstić information content (AvgIpc) is 2.69. The number of rotatable bonds is 3. The van der Waals surface area contributed by atoms with Gasteiger partial charge in [0.05, 0.1) is 11.8 Å². The number of carbonyl (C=O) groups is 2. The lowest BCUT2D eigenvalue weighted by molar-refractivity contribution is -0.142. The van der Waals surface area contributed by atoms with E-state index in [2.05, 4.69) is 0 Å². The second-order valence-electron chi connectivity index (χ2n) is 6.00. The molecule has 0 bridgehead atoms. The molecule has 2 unspecified atom stereocenters. The van der Waals surface area contributed by atoms with Crippen LogP contribution < -0.4 is 0 Å². The van der Waals surface area contributed by atoms with Crippen LogP contribution in [0.3, 0.4) is 0 Å². The van der Waals surface area contributed by atoms with Gasteiger partial charge in [-0.15, -0.1) is 0 Å². The lowest BCUT2D eigenvalue weighted by atomic mass is 10.1. The molecule has 2 aliphatic rings. The van der Waals surface area contributed by atoms with Gasteiger partial charge in [-0.2, -0.15) is 0 Å². The molecule has 1 N–H and O–H groups in total. The van der Waals surface area contributed by atoms with E-state index in [4.69, 9.17) is 5.11 Å². The first-order chi connectivity index (χ1) is 7.87. The van der Waals surface area contributed by atoms with E-state index in [1.54, 1.807) is 4.90 Å². The highest BCUT2D eigenvalue weighted by atomic mass is 16.4. The monoisotopic (exact) mass is 239 g/mol. The summed E-state index contributed by atoms with van der Waals surface area (Å²) in [6.45, 7) is 3.74. The summed E-state index contributed by atoms with van der Waals surface area (Å²) in [7, 11) is 1.83. The van der Waals surface area contributed by atoms with Gasteiger partial charge in [0, 0.05) is 13.1 Å². The van der Waals surface area contributed by atoms with Crippen molar-refractivity contribution in [2.45, 2.75) is 45.6 Å². The van der Waals surface area contributed by atoms with Crippen molar-refractivity contribution in [3.63, 3.8) is 0 Å². The number of carboxylic acids is 1. The smallest absolute Gasteiger partial charge is 0.307 e. The van der Waals surface area contributed by atoms with E-state index in [0.717, 1.165) is 12.8 Å². The number of hydrogen-bond acceptors (Lipinski definition) is 2. The van der Waals surface area contributed by atoms with Crippen LogP contribution in [-0.4, -0.2) is 35.0 Å². The third-order valence-corrected chi connectivity index (χ3v) is 4.58. The zero-order valence-electron chi connectivity index (χ0n) is 10.8. The topological polar surface area (TPSA) is 57.6 Å². The summed E-state index contributed by atoms with van der Waals surface area (Å²) in [4.78, 5) is 25.1. The van der Waals surface area contributed by atoms with Crippen molar-refractivity contribution in [2.24, 2.45) is 17.3 Å². The van der Waals surface area contributed by atoms with E-state index in [-0.39, 0.29) is 17.2 Å². The normalized spacial score (nSPS) is 31.2. The van der Waals surface area contributed by atoms with Gasteiger partial charge in [0.15, 0.2) is 0 Å². The van der Waals surface area contributed by atoms with Crippen LogP contribution in [0.1, 0.15) is 39.5 Å². The van der Waals surface area contributed by atoms with Crippen molar-refractivity contribution in [1.29, 1.82) is 0 Å². The number of carboxylic acid groups (broad SMARTS) is 1. The predicted octanol–water partition coefficient (Wildman–Crippen LogP) is 1.74. The second-order valence-corrected chi connectivity index (χ2v) is 6.00. The molecule has 2 atom stereocenters. The van der Waals surface area contributed by atoms with Crippen molar-refractivity contribution >= 4 is 11.9 Å². The lowest BCUT2D eigenvalue weighted by Crippen LogP contribution is -2.37. The molecule has 96 valence electrons. The van der Waals surface area contributed by atoms with Gasteiger partial charge in [0.2, 0.25) is 5.91 Å². The molecule has 0 spiro atoms. The van der Waals surface area contributed by atoms with Crippen LogP contribution in [0.5, 0.6) is 0 Å². The van der Waals surface area contributed by atoms with Gasteiger partial charge in [0.1, 0.15) is 0 Å². The Morgan fingerprint density at radius 2 is 1.71 bits per heavy atom. The maximum atomic E-state index is 12.3. The summed E-state index contributed by atoms with van der Waals surface area (Å²) >= 11 is 0. The van der Waals surface area contributed by atoms with E-state index in [0.29, 0.717) is 6.04 Å². The molecule has 0 aliphatic heterocycles. The van der Waals surface area contributed by atoms with Gasteiger partial charge < -0.3 is 10.0 Å². The van der Waals surface area contributed by atoms with Crippen LogP contribution in [0.25, 0.3) is 0 Å². The average molecular weight is 239 g/mol. The van der Waals surface area contributed by atoms with Gasteiger partial charge in [-0.1, -0.05) is 26.7 Å². The van der Waals surface area contributed by atoms with Crippen molar-refractivity contribution in [3.05, 3.63) is 0 Å². The molecule has 17 heavy (non-hydrogen) atoms. The number of amides is 1. The molecule has 2 aliphatic carbocycles. The van der Waals surface area contributed by atoms with Gasteiger partial charge in [-0.05, 0) is 18.3 Å². The molecule has 0 aromatic carbocycles. The van der Waals surface area contributed by atoms with Crippen LogP contribution in [0.2, 0.25) is 0 Å². The first kappa shape index (κ1) is 12.4. The fraction of sp³-hybridized carbons (Fsp3) is 0.846. The van der Waals surface area contributed by atoms with Crippen molar-refractivity contribution in [1.82, 2.24) is 4.90 Å². The van der Waals surface area contributed by atoms with Crippen LogP contribution in [0, 0.1) is 17.3 Å². The zero-order chi connectivity index (χ0) is 12.8. The minimum Gasteiger partial charge on any atom is -0.481 e. The quantitative estimate of drug-likeness (QED) is 0.816. The molecular weight excluding hydrogens is 218 g/mol. The third kappa shape index (κ3) is 1.94. The zero-order valence-corrected chi connectivity index (χ0v) is 10.8. The molecule has 2 fully saturated rings. The van der Waals surface area contributed by atoms with E-state index in [9.17, 15) is 9.59 Å². The maximum absolute atomic E-state index is 12.3. The van der Waals surface area contributed by atoms with Gasteiger partial charge in [-0.25, -0.2) is 0 Å². The fourth-order valence-corrected chi connectivity index (χ4v) is 3.25. The van der Waals surface area contributed by atoms with Crippen LogP contribution in [-0.2, 0) is 9.59 Å². The Balaban J connectivity index is 2.03. The second kappa shape index (κ2) is 4.00. The molecule has 2 saturated carbocycles. The van der Waals surface area contributed by atoms with Crippen LogP contribution in [0.4, 0.5) is 0 Å². The van der Waals surface area contributed by atoms with Gasteiger partial charge in [-0.3, -0.25) is 9.59 Å². The highest BCUT2D eigenvalue weighted by molar-refractivity contribution is 5.91. The molecular formula is C13H21NO3. The Labute approximate surface area is 102 Å². The summed E-state index contributed by atoms with van der Waals surface area (Å²) in [5, 5.41) is 9.08. The summed E-state index contributed by atoms with van der Waals surface area (Å²) in [5.41, 5.74) is -0.379. The molecule has 4 nitrogen and oxygen atoms in total. The summed E-state index contributed by atoms with van der Waals surface area (Å²) in [6, 6.07) is 0.327. The summed E-state index contributed by atoms with van der Waals surface area (Å²) < 4.78 is 0. The van der Waals surface area contributed by atoms with Gasteiger partial charge in [0.25, 0.3) is 0 Å². The van der Waals surface area contributed by atoms with E-state index >= 15 is 0 Å². The number of carbonyl (C=O) groups excluding carboxylic acids is 1. The molecule has 1 amide bonds. The predicted molar refractivity (Wildman–Crippen MR) is 63.4 cm³/mol. The molecule has 4 heteroatoms. The van der Waals surface area contributed by atoms with Crippen molar-refractivity contribution in [2.75, 3.05) is 7.05 Å². The number of nitrogens with zero attached hydrogens (tertiary/aromatic N) is 1. The summed E-state index contributed by atoms with van der Waals surface area (Å²) in [6.07, 6.45) is 4.48. The summed E-state index contributed by atoms with van der Waals surface area (Å²) in [5.74, 6) is -1.65. The largest absolute Gasteiger partial charge is 0.481 e. The van der Waals surface area contributed by atoms with Gasteiger partial charge >= 0.3 is 5.97 Å². The van der Waals surface area contributed by atoms with Crippen LogP contribution >= 0.6 is 0 Å². The minimum absolute atomic E-state index is 0.0225. The molecule has 0 saturated heterocycles. The first-order valence-electron chi connectivity index (χ1n) is 6.37. The Bertz CT molecular complexity index is 345. The standard InChI is InChI=1S/C13H21NO3/c1-13(2)9(10(13)12(16)17)11(15)14(3)8-6-4-5-7-8/h8-10H,4-7H2,1-3H3,(H,16,17). The van der Waals surface area contributed by atoms with Crippen LogP contribution in [0.15, 0.2) is 0 Å². The Kier molecular flexibility index (Phi) is 2.92. The number of aliphatic carboxylic acids is 1. The van der Waals surface area contributed by atoms with Crippen molar-refractivity contribution in [3.8, 4) is 0 Å². The Morgan fingerprint density at radius 1 is 1.18 bits per heavy atom. The third-order valence-electron chi connectivity index (χ3n) is 4.58. The molecule has 0 aromatic heterocycles. The highest BCUT2D eigenvalue weighted by Crippen LogP contribution is 2.59. The lowest BCUT2D eigenvalue weighted by Gasteiger charge is -2.25. The minimum atomic E-state index is -0.840. The molecule has 0 radical (unpaired) electrons. The SMILES string of the molecule is CN(C(=O)C1C(C(=O)O)C1(C)C)C1CCCC1.